The Morgan fingerprint density at radius 1 is 0.719 bits per heavy atom. The Balaban J connectivity index is 0.992. The molecule has 10 rings (SSSR count). The Labute approximate surface area is 535 Å². The molecule has 30 heteroatoms. The number of nitrogens with two attached hydrogens (primary N) is 1. The van der Waals surface area contributed by atoms with Crippen LogP contribution in [-0.2, 0) is 30.5 Å². The number of aliphatic hydroxyl groups excluding tert-OH is 1. The van der Waals surface area contributed by atoms with Crippen molar-refractivity contribution >= 4 is 115 Å². The van der Waals surface area contributed by atoms with Crippen molar-refractivity contribution in [3.63, 3.8) is 0 Å². The van der Waals surface area contributed by atoms with Crippen LogP contribution >= 0.6 is 68.0 Å². The lowest BCUT2D eigenvalue weighted by Gasteiger charge is -2.26. The Bertz CT molecular complexity index is 3870. The number of nitrogens with one attached hydrogen (secondary N) is 7. The predicted molar refractivity (Wildman–Crippen MR) is 342 cm³/mol. The fourth-order valence-electron chi connectivity index (χ4n) is 10.1. The number of aromatic nitrogens is 7. The fraction of sp³-hybridized carbons (Fsp3) is 0.390. The molecule has 0 unspecified atom stereocenters. The number of methoxy groups -OCH3 is 1. The number of aryl methyl sites for hydroxylation is 1. The third kappa shape index (κ3) is 15.3. The first-order valence-corrected chi connectivity index (χ1v) is 33.8. The minimum atomic E-state index is -1.28. The van der Waals surface area contributed by atoms with Crippen molar-refractivity contribution in [3.8, 4) is 42.5 Å². The number of hydrogen-bond acceptors (Lipinski definition) is 23. The molecule has 8 aromatic rings. The monoisotopic (exact) mass is 1320 g/mol. The molecule has 466 valence electrons. The average Bonchev–Trinajstić information content (AvgIpc) is 1.87. The maximum absolute atomic E-state index is 14.4. The number of hydrogen-bond donors (Lipinski definition) is 9. The first kappa shape index (κ1) is 64.3. The van der Waals surface area contributed by atoms with Crippen molar-refractivity contribution in [2.24, 2.45) is 23.5 Å². The van der Waals surface area contributed by atoms with Crippen LogP contribution in [0, 0.1) is 24.7 Å². The van der Waals surface area contributed by atoms with E-state index in [-0.39, 0.29) is 59.7 Å². The number of fused-ring (bicyclic) bond motifs is 14. The van der Waals surface area contributed by atoms with E-state index in [1.165, 1.54) is 70.8 Å². The van der Waals surface area contributed by atoms with E-state index in [1.807, 2.05) is 19.9 Å². The van der Waals surface area contributed by atoms with E-state index in [0.717, 1.165) is 24.2 Å². The molecule has 7 aromatic heterocycles. The van der Waals surface area contributed by atoms with Gasteiger partial charge in [-0.25, -0.2) is 34.9 Å². The molecule has 7 amide bonds. The standard InChI is InChI=1S/C59H65N15O9S6/c1-28(2)43-59-74-46(39(89-59)24-83-5)52(81)63-23-42(76)71-47(48(77)30-11-7-6-8-12-30)58-68-37(26-85-58)55-64-22-38(88-55)45-33(54-67-36(25-84-54)51(80)66-35(21-41(75)61-4)57-73-44(29(3)87-57)53(82)72-43)17-18-34(65-45)56-70-40(27-86-56)69-50(79)32-15-13-31(14-16-32)49(78)62-20-10-9-19-60/h6-8,11-12,17-18,22,25-28,31-32,35,43,47-48,77H,9-10,13-16,19-21,23-24,60H2,1-5H3,(H,61,75)(H,62,78)(H,63,81)(H,66,80)(H,69,79)(H,71,76)(H,72,82)/t31?,32?,35-,43-,47-,48-/m0/s1. The van der Waals surface area contributed by atoms with E-state index in [4.69, 9.17) is 45.4 Å². The van der Waals surface area contributed by atoms with Gasteiger partial charge in [0, 0.05) is 65.3 Å². The molecule has 8 heterocycles. The summed E-state index contributed by atoms with van der Waals surface area (Å²) in [6.45, 7) is 6.13. The van der Waals surface area contributed by atoms with Gasteiger partial charge in [0.25, 0.3) is 17.7 Å². The van der Waals surface area contributed by atoms with Crippen molar-refractivity contribution in [2.45, 2.75) is 96.6 Å². The van der Waals surface area contributed by atoms with Crippen molar-refractivity contribution in [1.82, 2.24) is 66.8 Å². The lowest BCUT2D eigenvalue weighted by Crippen LogP contribution is -2.40. The number of ether oxygens (including phenoxy) is 1. The molecule has 24 nitrogen and oxygen atoms in total. The number of unbranched alkanes of at least 4 members (excludes halogenated alkanes) is 1. The molecule has 0 spiro atoms. The van der Waals surface area contributed by atoms with E-state index in [2.05, 4.69) is 37.2 Å². The molecule has 10 N–H and O–H groups in total. The van der Waals surface area contributed by atoms with Gasteiger partial charge in [0.15, 0.2) is 0 Å². The first-order chi connectivity index (χ1) is 43.0. The van der Waals surface area contributed by atoms with Crippen LogP contribution in [0.1, 0.15) is 145 Å². The summed E-state index contributed by atoms with van der Waals surface area (Å²) in [6.07, 6.45) is 4.15. The highest BCUT2D eigenvalue weighted by atomic mass is 32.1. The predicted octanol–water partition coefficient (Wildman–Crippen LogP) is 7.91. The van der Waals surface area contributed by atoms with E-state index in [0.29, 0.717) is 117 Å². The minimum Gasteiger partial charge on any atom is -0.386 e. The maximum Gasteiger partial charge on any atom is 0.271 e. The van der Waals surface area contributed by atoms with Gasteiger partial charge < -0.3 is 52.8 Å². The second kappa shape index (κ2) is 29.3. The zero-order valence-corrected chi connectivity index (χ0v) is 53.9. The van der Waals surface area contributed by atoms with E-state index in [1.54, 1.807) is 65.7 Å². The average molecular weight is 1320 g/mol. The summed E-state index contributed by atoms with van der Waals surface area (Å²) in [7, 11) is 2.95. The summed E-state index contributed by atoms with van der Waals surface area (Å²) < 4.78 is 5.46. The lowest BCUT2D eigenvalue weighted by molar-refractivity contribution is -0.128. The van der Waals surface area contributed by atoms with E-state index < -0.39 is 60.3 Å². The summed E-state index contributed by atoms with van der Waals surface area (Å²) in [4.78, 5) is 132. The summed E-state index contributed by atoms with van der Waals surface area (Å²) in [5.74, 6) is -3.34. The molecular formula is C59H65N15O9S6. The van der Waals surface area contributed by atoms with Gasteiger partial charge in [-0.05, 0) is 75.6 Å². The molecule has 89 heavy (non-hydrogen) atoms. The van der Waals surface area contributed by atoms with Gasteiger partial charge in [-0.3, -0.25) is 33.6 Å². The van der Waals surface area contributed by atoms with Crippen LogP contribution in [-0.4, -0.2) is 115 Å². The highest BCUT2D eigenvalue weighted by Gasteiger charge is 2.34. The second-order valence-corrected chi connectivity index (χ2v) is 27.5. The number of carbonyl (C=O) groups is 7. The van der Waals surface area contributed by atoms with Gasteiger partial charge in [-0.1, -0.05) is 44.2 Å². The number of amides is 7. The third-order valence-electron chi connectivity index (χ3n) is 14.9. The Kier molecular flexibility index (Phi) is 21.2. The molecule has 1 aromatic carbocycles. The topological polar surface area (TPSA) is 349 Å². The smallest absolute Gasteiger partial charge is 0.271 e. The maximum atomic E-state index is 14.4. The third-order valence-corrected chi connectivity index (χ3v) is 20.8. The number of benzene rings is 1. The molecule has 1 aliphatic carbocycles. The zero-order valence-electron chi connectivity index (χ0n) is 49.0. The van der Waals surface area contributed by atoms with Gasteiger partial charge in [-0.15, -0.1) is 68.0 Å². The largest absolute Gasteiger partial charge is 0.386 e. The van der Waals surface area contributed by atoms with E-state index >= 15 is 0 Å². The zero-order chi connectivity index (χ0) is 62.9. The van der Waals surface area contributed by atoms with Gasteiger partial charge >= 0.3 is 0 Å². The number of thiazole rings is 6. The summed E-state index contributed by atoms with van der Waals surface area (Å²) in [6, 6.07) is 9.60. The molecule has 2 aliphatic rings. The van der Waals surface area contributed by atoms with Crippen molar-refractivity contribution < 1.29 is 43.4 Å². The van der Waals surface area contributed by atoms with Crippen molar-refractivity contribution in [3.05, 3.63) is 112 Å². The molecule has 0 radical (unpaired) electrons. The molecule has 1 fully saturated rings. The lowest BCUT2D eigenvalue weighted by atomic mass is 9.81. The van der Waals surface area contributed by atoms with Crippen LogP contribution in [0.5, 0.6) is 0 Å². The van der Waals surface area contributed by atoms with Gasteiger partial charge in [0.2, 0.25) is 23.6 Å². The van der Waals surface area contributed by atoms with Gasteiger partial charge in [-0.2, -0.15) is 0 Å². The highest BCUT2D eigenvalue weighted by molar-refractivity contribution is 7.19. The number of pyridine rings is 1. The van der Waals surface area contributed by atoms with Crippen LogP contribution in [0.3, 0.4) is 0 Å². The SMILES string of the molecule is CNC(=O)C[C@@H]1NC(=O)c2csc(n2)-c2ccc(-c3nc(NC(=O)C4CCC(C(=O)NCCCCN)CC4)cs3)nc2-c2cnc(s2)-c2csc(n2)[C@H]([C@@H](O)c2ccccc2)NC(=O)CNC(=O)c2nc(sc2COC)[C@H](C(C)C)NC(=O)c2nc1sc2C. The van der Waals surface area contributed by atoms with Crippen LogP contribution in [0.2, 0.25) is 0 Å². The molecule has 1 aliphatic heterocycles. The van der Waals surface area contributed by atoms with Crippen molar-refractivity contribution in [2.75, 3.05) is 39.1 Å². The molecule has 10 bridgehead atoms. The number of nitrogens with zero attached hydrogens (tertiary/aromatic N) is 7. The van der Waals surface area contributed by atoms with Crippen LogP contribution in [0.4, 0.5) is 5.82 Å². The second-order valence-electron chi connectivity index (χ2n) is 21.5. The van der Waals surface area contributed by atoms with Crippen LogP contribution < -0.4 is 43.0 Å². The fourth-order valence-corrected chi connectivity index (χ4v) is 15.7. The van der Waals surface area contributed by atoms with Crippen molar-refractivity contribution in [1.29, 1.82) is 0 Å². The Morgan fingerprint density at radius 2 is 1.46 bits per heavy atom. The van der Waals surface area contributed by atoms with Gasteiger partial charge in [0.1, 0.15) is 70.8 Å². The Hall–Kier alpha value is -7.68. The van der Waals surface area contributed by atoms with Crippen LogP contribution in [0.15, 0.2) is 64.8 Å². The van der Waals surface area contributed by atoms with Gasteiger partial charge in [0.05, 0.1) is 52.8 Å². The summed E-state index contributed by atoms with van der Waals surface area (Å²) in [5.41, 5.74) is 8.08. The number of aliphatic hydroxyl groups is 1. The summed E-state index contributed by atoms with van der Waals surface area (Å²) >= 11 is 7.27. The normalized spacial score (nSPS) is 18.7. The number of rotatable bonds is 15. The number of anilines is 1. The molecule has 0 saturated heterocycles. The quantitative estimate of drug-likeness (QED) is 0.0440. The first-order valence-electron chi connectivity index (χ1n) is 28.7. The highest BCUT2D eigenvalue weighted by Crippen LogP contribution is 2.42. The molecular weight excluding hydrogens is 1260 g/mol. The molecule has 4 atom stereocenters. The minimum absolute atomic E-state index is 0.000145. The Morgan fingerprint density at radius 3 is 2.20 bits per heavy atom. The van der Waals surface area contributed by atoms with E-state index in [9.17, 15) is 38.7 Å². The van der Waals surface area contributed by atoms with Crippen LogP contribution in [0.25, 0.3) is 42.5 Å². The number of carbonyl (C=O) groups excluding carboxylic acids is 7. The summed E-state index contributed by atoms with van der Waals surface area (Å²) in [5, 5.41) is 39.6. The molecule has 1 saturated carbocycles.